The van der Waals surface area contributed by atoms with Gasteiger partial charge in [-0.25, -0.2) is 14.6 Å². The number of piperidine rings is 1. The summed E-state index contributed by atoms with van der Waals surface area (Å²) in [6, 6.07) is 7.48. The Labute approximate surface area is 216 Å². The normalized spacial score (nSPS) is 17.0. The number of nitrogen functional groups attached to an aromatic ring is 1. The van der Waals surface area contributed by atoms with Crippen molar-refractivity contribution in [1.29, 1.82) is 0 Å². The molecule has 2 aliphatic rings. The van der Waals surface area contributed by atoms with Crippen LogP contribution in [0, 0.1) is 0 Å². The van der Waals surface area contributed by atoms with E-state index in [0.717, 1.165) is 0 Å². The van der Waals surface area contributed by atoms with E-state index in [4.69, 9.17) is 15.6 Å². The minimum absolute atomic E-state index is 0.0505. The zero-order valence-electron chi connectivity index (χ0n) is 20.1. The Morgan fingerprint density at radius 1 is 1.10 bits per heavy atom. The molecule has 204 valence electrons. The number of carboxylic acids is 2. The fourth-order valence-corrected chi connectivity index (χ4v) is 4.54. The molecule has 0 aliphatic carbocycles. The van der Waals surface area contributed by atoms with Crippen LogP contribution in [0.25, 0.3) is 22.2 Å². The van der Waals surface area contributed by atoms with Crippen LogP contribution >= 0.6 is 0 Å². The lowest BCUT2D eigenvalue weighted by atomic mass is 9.94. The monoisotopic (exact) mass is 547 g/mol. The highest BCUT2D eigenvalue weighted by Gasteiger charge is 2.40. The van der Waals surface area contributed by atoms with E-state index >= 15 is 0 Å². The van der Waals surface area contributed by atoms with Gasteiger partial charge in [0.2, 0.25) is 17.8 Å². The Morgan fingerprint density at radius 2 is 1.74 bits per heavy atom. The van der Waals surface area contributed by atoms with E-state index in [2.05, 4.69) is 10.3 Å². The summed E-state index contributed by atoms with van der Waals surface area (Å²) in [4.78, 5) is 63.4. The fraction of sp³-hybridized carbons (Fsp3) is 0.250. The molecule has 0 bridgehead atoms. The van der Waals surface area contributed by atoms with Crippen molar-refractivity contribution in [3.63, 3.8) is 0 Å². The first-order valence-corrected chi connectivity index (χ1v) is 11.3. The number of nitrogens with two attached hydrogens (primary N) is 1. The Kier molecular flexibility index (Phi) is 6.76. The molecule has 1 atom stereocenters. The summed E-state index contributed by atoms with van der Waals surface area (Å²) >= 11 is 0. The van der Waals surface area contributed by atoms with Crippen LogP contribution in [0.15, 0.2) is 30.3 Å². The Bertz CT molecular complexity index is 1560. The fourth-order valence-electron chi connectivity index (χ4n) is 4.54. The number of amides is 3. The molecule has 3 heterocycles. The average Bonchev–Trinajstić information content (AvgIpc) is 3.34. The second-order valence-corrected chi connectivity index (χ2v) is 8.76. The van der Waals surface area contributed by atoms with Crippen LogP contribution in [0.1, 0.15) is 39.1 Å². The molecule has 2 aliphatic heterocycles. The predicted octanol–water partition coefficient (Wildman–Crippen LogP) is 1.91. The molecular formula is C24H20F3N5O7. The summed E-state index contributed by atoms with van der Waals surface area (Å²) in [6.07, 6.45) is -4.66. The highest BCUT2D eigenvalue weighted by Crippen LogP contribution is 2.38. The predicted molar refractivity (Wildman–Crippen MR) is 127 cm³/mol. The molecular weight excluding hydrogens is 527 g/mol. The molecule has 5 rings (SSSR count). The van der Waals surface area contributed by atoms with E-state index in [1.54, 1.807) is 29.8 Å². The van der Waals surface area contributed by atoms with Gasteiger partial charge in [0.1, 0.15) is 6.04 Å². The number of imidazole rings is 1. The molecule has 39 heavy (non-hydrogen) atoms. The number of hydrogen-bond donors (Lipinski definition) is 4. The third-order valence-electron chi connectivity index (χ3n) is 6.37. The number of carboxylic acid groups (broad SMARTS) is 2. The number of nitrogens with zero attached hydrogens (tertiary/aromatic N) is 3. The Balaban J connectivity index is 0.000000448. The molecule has 1 saturated heterocycles. The van der Waals surface area contributed by atoms with Gasteiger partial charge in [-0.15, -0.1) is 0 Å². The third kappa shape index (κ3) is 4.97. The minimum Gasteiger partial charge on any atom is -0.478 e. The molecule has 2 aromatic carbocycles. The van der Waals surface area contributed by atoms with Crippen LogP contribution in [-0.4, -0.2) is 66.5 Å². The summed E-state index contributed by atoms with van der Waals surface area (Å²) in [5, 5.41) is 19.0. The van der Waals surface area contributed by atoms with Crippen molar-refractivity contribution in [2.75, 3.05) is 5.73 Å². The molecule has 1 fully saturated rings. The van der Waals surface area contributed by atoms with Crippen LogP contribution < -0.4 is 11.1 Å². The SMILES string of the molecule is Cn1c(N)nc2cc(C(=O)O)cc(-c3cccc4c3CN(C3CCC(=O)NC3=O)C4=O)c21.O=C(O)C(F)(F)F. The van der Waals surface area contributed by atoms with E-state index in [-0.39, 0.29) is 42.7 Å². The van der Waals surface area contributed by atoms with Gasteiger partial charge < -0.3 is 25.4 Å². The molecule has 1 unspecified atom stereocenters. The molecule has 15 heteroatoms. The number of imide groups is 1. The maximum atomic E-state index is 13.1. The third-order valence-corrected chi connectivity index (χ3v) is 6.37. The lowest BCUT2D eigenvalue weighted by molar-refractivity contribution is -0.192. The number of aliphatic carboxylic acids is 1. The minimum atomic E-state index is -5.08. The molecule has 0 saturated carbocycles. The molecule has 1 aromatic heterocycles. The van der Waals surface area contributed by atoms with Gasteiger partial charge in [-0.3, -0.25) is 19.7 Å². The van der Waals surface area contributed by atoms with Crippen LogP contribution in [0.2, 0.25) is 0 Å². The number of rotatable bonds is 3. The number of carbonyl (C=O) groups is 5. The first-order chi connectivity index (χ1) is 18.2. The van der Waals surface area contributed by atoms with Crippen LogP contribution in [0.3, 0.4) is 0 Å². The highest BCUT2D eigenvalue weighted by molar-refractivity contribution is 6.08. The van der Waals surface area contributed by atoms with Gasteiger partial charge in [0.15, 0.2) is 0 Å². The Morgan fingerprint density at radius 3 is 2.33 bits per heavy atom. The van der Waals surface area contributed by atoms with Gasteiger partial charge in [0, 0.05) is 31.1 Å². The molecule has 5 N–H and O–H groups in total. The number of carbonyl (C=O) groups excluding carboxylic acids is 3. The van der Waals surface area contributed by atoms with Gasteiger partial charge in [-0.05, 0) is 35.7 Å². The number of anilines is 1. The van der Waals surface area contributed by atoms with E-state index in [1.807, 2.05) is 6.07 Å². The summed E-state index contributed by atoms with van der Waals surface area (Å²) in [5.74, 6) is -4.76. The van der Waals surface area contributed by atoms with Crippen molar-refractivity contribution >= 4 is 46.6 Å². The number of aryl methyl sites for hydroxylation is 1. The maximum absolute atomic E-state index is 13.1. The topological polar surface area (TPSA) is 185 Å². The van der Waals surface area contributed by atoms with Crippen molar-refractivity contribution in [3.8, 4) is 11.1 Å². The summed E-state index contributed by atoms with van der Waals surface area (Å²) in [7, 11) is 1.73. The Hall–Kier alpha value is -4.95. The largest absolute Gasteiger partial charge is 0.490 e. The lowest BCUT2D eigenvalue weighted by Gasteiger charge is -2.29. The number of benzene rings is 2. The summed E-state index contributed by atoms with van der Waals surface area (Å²) < 4.78 is 33.4. The zero-order valence-corrected chi connectivity index (χ0v) is 20.1. The standard InChI is InChI=1S/C22H19N5O5.C2HF3O2/c1-26-18-13(7-10(21(31)32)8-15(18)24-22(26)23)11-3-2-4-12-14(11)9-27(20(12)30)16-5-6-17(28)25-19(16)29;3-2(4,5)1(6)7/h2-4,7-8,16H,5-6,9H2,1H3,(H2,23,24)(H,31,32)(H,25,28,29);(H,6,7). The van der Waals surface area contributed by atoms with Crippen molar-refractivity contribution in [3.05, 3.63) is 47.0 Å². The summed E-state index contributed by atoms with van der Waals surface area (Å²) in [5.41, 5.74) is 9.49. The molecule has 3 aromatic rings. The summed E-state index contributed by atoms with van der Waals surface area (Å²) in [6.45, 7) is 0.169. The second-order valence-electron chi connectivity index (χ2n) is 8.76. The van der Waals surface area contributed by atoms with E-state index < -0.39 is 30.1 Å². The number of nitrogens with one attached hydrogen (secondary N) is 1. The molecule has 0 radical (unpaired) electrons. The zero-order chi connectivity index (χ0) is 28.8. The first-order valence-electron chi connectivity index (χ1n) is 11.3. The number of aromatic carboxylic acids is 1. The van der Waals surface area contributed by atoms with Crippen LogP contribution in [-0.2, 0) is 28.0 Å². The van der Waals surface area contributed by atoms with Gasteiger partial charge in [0.25, 0.3) is 5.91 Å². The number of alkyl halides is 3. The molecule has 3 amide bonds. The maximum Gasteiger partial charge on any atom is 0.490 e. The van der Waals surface area contributed by atoms with Crippen molar-refractivity contribution in [1.82, 2.24) is 19.8 Å². The smallest absolute Gasteiger partial charge is 0.478 e. The van der Waals surface area contributed by atoms with Crippen LogP contribution in [0.4, 0.5) is 19.1 Å². The highest BCUT2D eigenvalue weighted by atomic mass is 19.4. The number of aromatic nitrogens is 2. The van der Waals surface area contributed by atoms with Crippen molar-refractivity contribution in [2.24, 2.45) is 7.05 Å². The number of hydrogen-bond acceptors (Lipinski definition) is 7. The van der Waals surface area contributed by atoms with Crippen molar-refractivity contribution < 1.29 is 47.4 Å². The average molecular weight is 547 g/mol. The quantitative estimate of drug-likeness (QED) is 0.356. The number of fused-ring (bicyclic) bond motifs is 2. The molecule has 12 nitrogen and oxygen atoms in total. The number of halogens is 3. The molecule has 0 spiro atoms. The van der Waals surface area contributed by atoms with Gasteiger partial charge in [0.05, 0.1) is 16.6 Å². The van der Waals surface area contributed by atoms with Gasteiger partial charge in [-0.2, -0.15) is 13.2 Å². The second kappa shape index (κ2) is 9.74. The first kappa shape index (κ1) is 27.1. The van der Waals surface area contributed by atoms with E-state index in [0.29, 0.717) is 33.3 Å². The van der Waals surface area contributed by atoms with Crippen molar-refractivity contribution in [2.45, 2.75) is 31.6 Å². The van der Waals surface area contributed by atoms with Crippen LogP contribution in [0.5, 0.6) is 0 Å². The lowest BCUT2D eigenvalue weighted by Crippen LogP contribution is -2.52. The van der Waals surface area contributed by atoms with Gasteiger partial charge in [-0.1, -0.05) is 12.1 Å². The van der Waals surface area contributed by atoms with E-state index in [9.17, 15) is 37.5 Å². The van der Waals surface area contributed by atoms with Gasteiger partial charge >= 0.3 is 18.1 Å². The van der Waals surface area contributed by atoms with E-state index in [1.165, 1.54) is 11.0 Å².